The van der Waals surface area contributed by atoms with E-state index in [1.807, 2.05) is 0 Å². The Morgan fingerprint density at radius 3 is 2.56 bits per heavy atom. The van der Waals surface area contributed by atoms with E-state index in [-0.39, 0.29) is 24.8 Å². The topological polar surface area (TPSA) is 61.5 Å². The van der Waals surface area contributed by atoms with E-state index in [0.717, 1.165) is 0 Å². The van der Waals surface area contributed by atoms with E-state index < -0.39 is 12.0 Å². The average Bonchev–Trinajstić information content (AvgIpc) is 2.32. The largest absolute Gasteiger partial charge is 0.494 e. The maximum Gasteiger partial charge on any atom is 0.323 e. The van der Waals surface area contributed by atoms with Gasteiger partial charge in [0.05, 0.1) is 13.2 Å². The van der Waals surface area contributed by atoms with Crippen molar-refractivity contribution in [3.8, 4) is 5.75 Å². The number of hydrogen-bond acceptors (Lipinski definition) is 4. The molecule has 0 heterocycles. The van der Waals surface area contributed by atoms with E-state index >= 15 is 0 Å². The predicted octanol–water partition coefficient (Wildman–Crippen LogP) is 1.91. The molecule has 18 heavy (non-hydrogen) atoms. The first-order chi connectivity index (χ1) is 8.13. The van der Waals surface area contributed by atoms with Crippen molar-refractivity contribution >= 4 is 18.4 Å². The predicted molar refractivity (Wildman–Crippen MR) is 68.4 cm³/mol. The third-order valence-electron chi connectivity index (χ3n) is 2.10. The number of esters is 1. The zero-order valence-electron chi connectivity index (χ0n) is 10.1. The summed E-state index contributed by atoms with van der Waals surface area (Å²) in [5.41, 5.74) is 5.58. The Labute approximate surface area is 112 Å². The normalized spacial score (nSPS) is 11.3. The van der Waals surface area contributed by atoms with Gasteiger partial charge in [-0.15, -0.1) is 12.4 Å². The van der Waals surface area contributed by atoms with Gasteiger partial charge in [-0.2, -0.15) is 0 Å². The molecule has 2 N–H and O–H groups in total. The molecule has 0 saturated heterocycles. The lowest BCUT2D eigenvalue weighted by molar-refractivity contribution is -0.145. The molecule has 0 amide bonds. The zero-order chi connectivity index (χ0) is 12.7. The van der Waals surface area contributed by atoms with Crippen LogP contribution < -0.4 is 10.5 Å². The molecule has 1 atom stereocenters. The molecule has 0 aliphatic carbocycles. The van der Waals surface area contributed by atoms with Gasteiger partial charge in [-0.05, 0) is 31.2 Å². The maximum absolute atomic E-state index is 12.6. The summed E-state index contributed by atoms with van der Waals surface area (Å²) in [4.78, 5) is 11.2. The van der Waals surface area contributed by atoms with Gasteiger partial charge in [0.25, 0.3) is 0 Å². The summed E-state index contributed by atoms with van der Waals surface area (Å²) < 4.78 is 22.6. The molecule has 0 aliphatic rings. The Hall–Kier alpha value is -1.33. The summed E-state index contributed by atoms with van der Waals surface area (Å²) in [5, 5.41) is 0. The lowest BCUT2D eigenvalue weighted by atomic mass is 10.2. The van der Waals surface area contributed by atoms with Crippen molar-refractivity contribution in [1.29, 1.82) is 0 Å². The van der Waals surface area contributed by atoms with Crippen molar-refractivity contribution in [1.82, 2.24) is 0 Å². The standard InChI is InChI=1S/C12H16FNO3.ClH/c1-2-16-12(15)11(14)7-8-17-10-5-3-9(13)4-6-10;/h3-6,11H,2,7-8,14H2,1H3;1H/t11-;/m0./s1. The fourth-order valence-electron chi connectivity index (χ4n) is 1.20. The highest BCUT2D eigenvalue weighted by molar-refractivity contribution is 5.85. The van der Waals surface area contributed by atoms with Crippen LogP contribution in [0.4, 0.5) is 4.39 Å². The van der Waals surface area contributed by atoms with Crippen LogP contribution in [0, 0.1) is 5.82 Å². The van der Waals surface area contributed by atoms with E-state index in [1.165, 1.54) is 24.3 Å². The van der Waals surface area contributed by atoms with Crippen LogP contribution in [0.5, 0.6) is 5.75 Å². The molecule has 0 spiro atoms. The highest BCUT2D eigenvalue weighted by Gasteiger charge is 2.14. The van der Waals surface area contributed by atoms with E-state index in [1.54, 1.807) is 6.92 Å². The van der Waals surface area contributed by atoms with Gasteiger partial charge >= 0.3 is 5.97 Å². The van der Waals surface area contributed by atoms with Crippen LogP contribution in [0.2, 0.25) is 0 Å². The van der Waals surface area contributed by atoms with Gasteiger partial charge in [0.2, 0.25) is 0 Å². The molecule has 0 aliphatic heterocycles. The molecule has 1 rings (SSSR count). The number of benzene rings is 1. The van der Waals surface area contributed by atoms with Crippen molar-refractivity contribution < 1.29 is 18.7 Å². The lowest BCUT2D eigenvalue weighted by Crippen LogP contribution is -2.33. The Kier molecular flexibility index (Phi) is 8.07. The molecule has 0 unspecified atom stereocenters. The Morgan fingerprint density at radius 2 is 2.00 bits per heavy atom. The van der Waals surface area contributed by atoms with Crippen molar-refractivity contribution in [2.75, 3.05) is 13.2 Å². The summed E-state index contributed by atoms with van der Waals surface area (Å²) in [7, 11) is 0. The fourth-order valence-corrected chi connectivity index (χ4v) is 1.20. The Bertz CT molecular complexity index is 359. The highest BCUT2D eigenvalue weighted by atomic mass is 35.5. The first-order valence-electron chi connectivity index (χ1n) is 5.44. The van der Waals surface area contributed by atoms with Gasteiger partial charge in [0.15, 0.2) is 0 Å². The molecule has 1 aromatic carbocycles. The van der Waals surface area contributed by atoms with Gasteiger partial charge in [-0.3, -0.25) is 4.79 Å². The molecule has 0 saturated carbocycles. The minimum Gasteiger partial charge on any atom is -0.494 e. The van der Waals surface area contributed by atoms with Crippen LogP contribution in [-0.4, -0.2) is 25.2 Å². The molecule has 4 nitrogen and oxygen atoms in total. The minimum absolute atomic E-state index is 0. The number of hydrogen-bond donors (Lipinski definition) is 1. The maximum atomic E-state index is 12.6. The number of ether oxygens (including phenoxy) is 2. The van der Waals surface area contributed by atoms with Crippen molar-refractivity contribution in [2.45, 2.75) is 19.4 Å². The highest BCUT2D eigenvalue weighted by Crippen LogP contribution is 2.11. The average molecular weight is 278 g/mol. The summed E-state index contributed by atoms with van der Waals surface area (Å²) in [5.74, 6) is -0.210. The summed E-state index contributed by atoms with van der Waals surface area (Å²) in [6.45, 7) is 2.32. The second kappa shape index (κ2) is 8.72. The van der Waals surface area contributed by atoms with Gasteiger partial charge in [-0.1, -0.05) is 0 Å². The Morgan fingerprint density at radius 1 is 1.39 bits per heavy atom. The number of nitrogens with two attached hydrogens (primary N) is 1. The molecule has 0 fully saturated rings. The molecule has 0 aromatic heterocycles. The fraction of sp³-hybridized carbons (Fsp3) is 0.417. The third-order valence-corrected chi connectivity index (χ3v) is 2.10. The first-order valence-corrected chi connectivity index (χ1v) is 5.44. The lowest BCUT2D eigenvalue weighted by Gasteiger charge is -2.11. The number of halogens is 2. The van der Waals surface area contributed by atoms with Crippen LogP contribution in [0.1, 0.15) is 13.3 Å². The quantitative estimate of drug-likeness (QED) is 0.807. The van der Waals surface area contributed by atoms with Crippen molar-refractivity contribution in [2.24, 2.45) is 5.73 Å². The van der Waals surface area contributed by atoms with Crippen LogP contribution in [0.25, 0.3) is 0 Å². The van der Waals surface area contributed by atoms with Crippen LogP contribution in [-0.2, 0) is 9.53 Å². The first kappa shape index (κ1) is 16.7. The van der Waals surface area contributed by atoms with E-state index in [4.69, 9.17) is 15.2 Å². The zero-order valence-corrected chi connectivity index (χ0v) is 10.9. The molecule has 1 aromatic rings. The van der Waals surface area contributed by atoms with Crippen molar-refractivity contribution in [3.63, 3.8) is 0 Å². The van der Waals surface area contributed by atoms with E-state index in [2.05, 4.69) is 0 Å². The molecule has 6 heteroatoms. The SMILES string of the molecule is CCOC(=O)[C@@H](N)CCOc1ccc(F)cc1.Cl. The third kappa shape index (κ3) is 5.84. The molecule has 102 valence electrons. The summed E-state index contributed by atoms with van der Waals surface area (Å²) in [6, 6.07) is 4.97. The van der Waals surface area contributed by atoms with Gasteiger partial charge < -0.3 is 15.2 Å². The summed E-state index contributed by atoms with van der Waals surface area (Å²) >= 11 is 0. The minimum atomic E-state index is -0.685. The van der Waals surface area contributed by atoms with Gasteiger partial charge in [0.1, 0.15) is 17.6 Å². The number of carbonyl (C=O) groups is 1. The van der Waals surface area contributed by atoms with Gasteiger partial charge in [0, 0.05) is 6.42 Å². The van der Waals surface area contributed by atoms with E-state index in [0.29, 0.717) is 18.8 Å². The van der Waals surface area contributed by atoms with Crippen LogP contribution in [0.3, 0.4) is 0 Å². The van der Waals surface area contributed by atoms with E-state index in [9.17, 15) is 9.18 Å². The molecular formula is C12H17ClFNO3. The van der Waals surface area contributed by atoms with Crippen molar-refractivity contribution in [3.05, 3.63) is 30.1 Å². The molecular weight excluding hydrogens is 261 g/mol. The second-order valence-electron chi connectivity index (χ2n) is 3.45. The number of rotatable bonds is 6. The second-order valence-corrected chi connectivity index (χ2v) is 3.45. The van der Waals surface area contributed by atoms with Crippen LogP contribution in [0.15, 0.2) is 24.3 Å². The van der Waals surface area contributed by atoms with Crippen LogP contribution >= 0.6 is 12.4 Å². The molecule has 0 bridgehead atoms. The Balaban J connectivity index is 0.00000289. The smallest absolute Gasteiger partial charge is 0.323 e. The monoisotopic (exact) mass is 277 g/mol. The number of carbonyl (C=O) groups excluding carboxylic acids is 1. The molecule has 0 radical (unpaired) electrons. The van der Waals surface area contributed by atoms with Gasteiger partial charge in [-0.25, -0.2) is 4.39 Å². The summed E-state index contributed by atoms with van der Waals surface area (Å²) in [6.07, 6.45) is 0.357.